The lowest BCUT2D eigenvalue weighted by Crippen LogP contribution is -2.47. The van der Waals surface area contributed by atoms with Gasteiger partial charge in [-0.05, 0) is 36.5 Å². The van der Waals surface area contributed by atoms with Crippen LogP contribution in [0, 0.1) is 10.8 Å². The van der Waals surface area contributed by atoms with Crippen LogP contribution in [0.3, 0.4) is 0 Å². The van der Waals surface area contributed by atoms with Gasteiger partial charge in [0.25, 0.3) is 0 Å². The third-order valence-electron chi connectivity index (χ3n) is 4.00. The Bertz CT molecular complexity index is 221. The topological polar surface area (TPSA) is 0 Å². The van der Waals surface area contributed by atoms with Crippen molar-refractivity contribution in [3.05, 3.63) is 24.3 Å². The molecular formula is C12H16Br2. The van der Waals surface area contributed by atoms with Crippen LogP contribution in [0.4, 0.5) is 0 Å². The van der Waals surface area contributed by atoms with Crippen molar-refractivity contribution in [3.63, 3.8) is 0 Å². The second-order valence-corrected chi connectivity index (χ2v) is 5.71. The maximum atomic E-state index is 3.73. The third-order valence-corrected chi connectivity index (χ3v) is 6.15. The largest absolute Gasteiger partial charge is 0.0922 e. The second-order valence-electron chi connectivity index (χ2n) is 4.59. The van der Waals surface area contributed by atoms with Gasteiger partial charge in [0.1, 0.15) is 0 Å². The lowest BCUT2D eigenvalue weighted by Gasteiger charge is -2.52. The highest BCUT2D eigenvalue weighted by molar-refractivity contribution is 9.09. The molecule has 0 radical (unpaired) electrons. The van der Waals surface area contributed by atoms with Gasteiger partial charge in [-0.15, -0.1) is 0 Å². The van der Waals surface area contributed by atoms with E-state index in [-0.39, 0.29) is 0 Å². The molecule has 2 rings (SSSR count). The molecule has 2 heteroatoms. The van der Waals surface area contributed by atoms with E-state index < -0.39 is 0 Å². The second kappa shape index (κ2) is 4.13. The highest BCUT2D eigenvalue weighted by Gasteiger charge is 2.49. The summed E-state index contributed by atoms with van der Waals surface area (Å²) in [5, 5.41) is 2.25. The molecule has 0 N–H and O–H groups in total. The van der Waals surface area contributed by atoms with Gasteiger partial charge in [0.2, 0.25) is 0 Å². The van der Waals surface area contributed by atoms with Crippen molar-refractivity contribution in [2.24, 2.45) is 10.8 Å². The fourth-order valence-electron chi connectivity index (χ4n) is 2.77. The first-order chi connectivity index (χ1) is 6.79. The highest BCUT2D eigenvalue weighted by atomic mass is 79.9. The molecule has 0 nitrogen and oxygen atoms in total. The number of fused-ring (bicyclic) bond motifs is 1. The number of alkyl halides is 2. The van der Waals surface area contributed by atoms with Crippen LogP contribution < -0.4 is 0 Å². The predicted molar refractivity (Wildman–Crippen MR) is 69.2 cm³/mol. The number of hydrogen-bond acceptors (Lipinski definition) is 0. The maximum Gasteiger partial charge on any atom is 0.00997 e. The van der Waals surface area contributed by atoms with E-state index in [4.69, 9.17) is 0 Å². The van der Waals surface area contributed by atoms with Gasteiger partial charge in [0.05, 0.1) is 0 Å². The molecule has 2 aliphatic rings. The molecule has 0 fully saturated rings. The summed E-state index contributed by atoms with van der Waals surface area (Å²) in [6.07, 6.45) is 14.4. The van der Waals surface area contributed by atoms with Crippen molar-refractivity contribution in [1.29, 1.82) is 0 Å². The molecule has 0 saturated carbocycles. The average molecular weight is 320 g/mol. The molecule has 0 heterocycles. The minimum absolute atomic E-state index is 0.458. The van der Waals surface area contributed by atoms with E-state index in [0.717, 1.165) is 10.7 Å². The van der Waals surface area contributed by atoms with E-state index in [0.29, 0.717) is 10.8 Å². The van der Waals surface area contributed by atoms with Gasteiger partial charge in [-0.3, -0.25) is 0 Å². The Morgan fingerprint density at radius 1 is 0.714 bits per heavy atom. The standard InChI is InChI=1S/C12H16Br2/c13-9-11-5-1-2-6-12(11,10-14)8-4-3-7-11/h1-4H,5-10H2. The van der Waals surface area contributed by atoms with Crippen molar-refractivity contribution in [3.8, 4) is 0 Å². The zero-order chi connectivity index (χ0) is 10.1. The summed E-state index contributed by atoms with van der Waals surface area (Å²) in [4.78, 5) is 0. The number of allylic oxidation sites excluding steroid dienone is 4. The summed E-state index contributed by atoms with van der Waals surface area (Å²) in [6, 6.07) is 0. The van der Waals surface area contributed by atoms with E-state index >= 15 is 0 Å². The predicted octanol–water partition coefficient (Wildman–Crippen LogP) is 4.45. The molecule has 2 aliphatic carbocycles. The summed E-state index contributed by atoms with van der Waals surface area (Å²) in [6.45, 7) is 0. The van der Waals surface area contributed by atoms with E-state index in [1.807, 2.05) is 0 Å². The SMILES string of the molecule is BrCC12CC=CCC1(CBr)CC=CC2. The number of rotatable bonds is 2. The summed E-state index contributed by atoms with van der Waals surface area (Å²) >= 11 is 7.46. The lowest BCUT2D eigenvalue weighted by molar-refractivity contribution is 0.0754. The Hall–Kier alpha value is 0.440. The van der Waals surface area contributed by atoms with Crippen LogP contribution in [0.25, 0.3) is 0 Å². The molecule has 0 aromatic carbocycles. The first-order valence-electron chi connectivity index (χ1n) is 5.21. The van der Waals surface area contributed by atoms with Crippen LogP contribution >= 0.6 is 31.9 Å². The maximum absolute atomic E-state index is 3.73. The van der Waals surface area contributed by atoms with Crippen LogP contribution in [-0.2, 0) is 0 Å². The molecule has 14 heavy (non-hydrogen) atoms. The van der Waals surface area contributed by atoms with Gasteiger partial charge in [-0.2, -0.15) is 0 Å². The van der Waals surface area contributed by atoms with Gasteiger partial charge in [-0.1, -0.05) is 56.2 Å². The summed E-state index contributed by atoms with van der Waals surface area (Å²) in [5.41, 5.74) is 0.917. The van der Waals surface area contributed by atoms with Gasteiger partial charge < -0.3 is 0 Å². The van der Waals surface area contributed by atoms with Crippen molar-refractivity contribution >= 4 is 31.9 Å². The molecule has 0 bridgehead atoms. The van der Waals surface area contributed by atoms with Crippen LogP contribution in [0.2, 0.25) is 0 Å². The van der Waals surface area contributed by atoms with E-state index in [1.165, 1.54) is 25.7 Å². The van der Waals surface area contributed by atoms with Gasteiger partial charge in [0, 0.05) is 10.7 Å². The van der Waals surface area contributed by atoms with Crippen molar-refractivity contribution < 1.29 is 0 Å². The smallest absolute Gasteiger partial charge is 0.00997 e. The Kier molecular flexibility index (Phi) is 3.23. The van der Waals surface area contributed by atoms with Crippen LogP contribution in [-0.4, -0.2) is 10.7 Å². The summed E-state index contributed by atoms with van der Waals surface area (Å²) in [5.74, 6) is 0. The number of hydrogen-bond donors (Lipinski definition) is 0. The molecule has 0 unspecified atom stereocenters. The molecule has 0 spiro atoms. The molecule has 0 amide bonds. The zero-order valence-electron chi connectivity index (χ0n) is 8.31. The fraction of sp³-hybridized carbons (Fsp3) is 0.667. The molecule has 0 aromatic heterocycles. The summed E-state index contributed by atoms with van der Waals surface area (Å²) in [7, 11) is 0. The molecule has 0 atom stereocenters. The van der Waals surface area contributed by atoms with Gasteiger partial charge in [0.15, 0.2) is 0 Å². The first-order valence-corrected chi connectivity index (χ1v) is 7.45. The van der Waals surface area contributed by atoms with Gasteiger partial charge in [-0.25, -0.2) is 0 Å². The van der Waals surface area contributed by atoms with Crippen LogP contribution in [0.1, 0.15) is 25.7 Å². The summed E-state index contributed by atoms with van der Waals surface area (Å²) < 4.78 is 0. The van der Waals surface area contributed by atoms with E-state index in [1.54, 1.807) is 0 Å². The fourth-order valence-corrected chi connectivity index (χ4v) is 4.88. The molecular weight excluding hydrogens is 304 g/mol. The monoisotopic (exact) mass is 318 g/mol. The van der Waals surface area contributed by atoms with E-state index in [2.05, 4.69) is 56.2 Å². The minimum Gasteiger partial charge on any atom is -0.0922 e. The Morgan fingerprint density at radius 2 is 1.00 bits per heavy atom. The van der Waals surface area contributed by atoms with Crippen molar-refractivity contribution in [2.75, 3.05) is 10.7 Å². The Balaban J connectivity index is 2.39. The first kappa shape index (κ1) is 10.9. The molecule has 78 valence electrons. The molecule has 0 aliphatic heterocycles. The van der Waals surface area contributed by atoms with Gasteiger partial charge >= 0.3 is 0 Å². The van der Waals surface area contributed by atoms with E-state index in [9.17, 15) is 0 Å². The third kappa shape index (κ3) is 1.46. The Labute approximate surface area is 103 Å². The van der Waals surface area contributed by atoms with Crippen molar-refractivity contribution in [2.45, 2.75) is 25.7 Å². The van der Waals surface area contributed by atoms with Crippen molar-refractivity contribution in [1.82, 2.24) is 0 Å². The lowest BCUT2D eigenvalue weighted by atomic mass is 9.55. The van der Waals surface area contributed by atoms with Crippen LogP contribution in [0.15, 0.2) is 24.3 Å². The quantitative estimate of drug-likeness (QED) is 0.521. The van der Waals surface area contributed by atoms with Crippen LogP contribution in [0.5, 0.6) is 0 Å². The normalized spacial score (nSPS) is 41.0. The highest BCUT2D eigenvalue weighted by Crippen LogP contribution is 2.56. The molecule has 0 saturated heterocycles. The average Bonchev–Trinajstić information content (AvgIpc) is 2.28. The zero-order valence-corrected chi connectivity index (χ0v) is 11.5. The number of halogens is 2. The minimum atomic E-state index is 0.458. The Morgan fingerprint density at radius 3 is 1.21 bits per heavy atom. The molecule has 0 aromatic rings.